The molecule has 4 amide bonds. The molecule has 1 aliphatic heterocycles. The van der Waals surface area contributed by atoms with E-state index in [2.05, 4.69) is 5.32 Å². The lowest BCUT2D eigenvalue weighted by Crippen LogP contribution is -2.45. The maximum atomic E-state index is 13.3. The lowest BCUT2D eigenvalue weighted by Gasteiger charge is -2.22. The van der Waals surface area contributed by atoms with Crippen LogP contribution in [-0.2, 0) is 25.7 Å². The molecule has 2 aliphatic rings. The second kappa shape index (κ2) is 8.18. The van der Waals surface area contributed by atoms with Gasteiger partial charge in [0.1, 0.15) is 17.9 Å². The summed E-state index contributed by atoms with van der Waals surface area (Å²) < 4.78 is 18.4. The molecular weight excluding hydrogens is 381 g/mol. The SMILES string of the molecule is C[C@H](OC(=O)CN1C(=O)NC2(CCCC2)C1=O)C(=O)N(C)Cc1cccc(F)c1. The second-order valence-corrected chi connectivity index (χ2v) is 7.57. The average Bonchev–Trinajstić information content (AvgIpc) is 3.22. The number of ether oxygens (including phenoxy) is 1. The molecule has 29 heavy (non-hydrogen) atoms. The summed E-state index contributed by atoms with van der Waals surface area (Å²) in [4.78, 5) is 51.5. The van der Waals surface area contributed by atoms with E-state index in [1.807, 2.05) is 0 Å². The summed E-state index contributed by atoms with van der Waals surface area (Å²) in [6.45, 7) is 1.01. The molecule has 1 N–H and O–H groups in total. The van der Waals surface area contributed by atoms with Crippen LogP contribution in [0.4, 0.5) is 9.18 Å². The van der Waals surface area contributed by atoms with Gasteiger partial charge in [0.05, 0.1) is 0 Å². The Kier molecular flexibility index (Phi) is 5.86. The molecule has 1 saturated heterocycles. The predicted molar refractivity (Wildman–Crippen MR) is 99.9 cm³/mol. The Balaban J connectivity index is 1.54. The van der Waals surface area contributed by atoms with Gasteiger partial charge in [-0.1, -0.05) is 25.0 Å². The Bertz CT molecular complexity index is 837. The molecule has 0 aromatic heterocycles. The van der Waals surface area contributed by atoms with Crippen molar-refractivity contribution < 1.29 is 28.3 Å². The summed E-state index contributed by atoms with van der Waals surface area (Å²) in [5, 5.41) is 2.68. The van der Waals surface area contributed by atoms with E-state index >= 15 is 0 Å². The van der Waals surface area contributed by atoms with Gasteiger partial charge >= 0.3 is 12.0 Å². The first-order valence-electron chi connectivity index (χ1n) is 9.55. The summed E-state index contributed by atoms with van der Waals surface area (Å²) in [5.41, 5.74) is -0.301. The highest BCUT2D eigenvalue weighted by Gasteiger charge is 2.52. The van der Waals surface area contributed by atoms with Crippen molar-refractivity contribution in [1.82, 2.24) is 15.1 Å². The first-order chi connectivity index (χ1) is 13.7. The highest BCUT2D eigenvalue weighted by molar-refractivity contribution is 6.08. The summed E-state index contributed by atoms with van der Waals surface area (Å²) in [7, 11) is 1.51. The van der Waals surface area contributed by atoms with E-state index in [0.717, 1.165) is 17.7 Å². The third kappa shape index (κ3) is 4.38. The fraction of sp³-hybridized carbons (Fsp3) is 0.500. The second-order valence-electron chi connectivity index (χ2n) is 7.57. The minimum absolute atomic E-state index is 0.147. The number of carbonyl (C=O) groups excluding carboxylic acids is 4. The summed E-state index contributed by atoms with van der Waals surface area (Å²) >= 11 is 0. The Hall–Kier alpha value is -2.97. The van der Waals surface area contributed by atoms with Crippen LogP contribution in [0.15, 0.2) is 24.3 Å². The van der Waals surface area contributed by atoms with Crippen LogP contribution in [0.25, 0.3) is 0 Å². The van der Waals surface area contributed by atoms with Gasteiger partial charge in [-0.3, -0.25) is 19.3 Å². The van der Waals surface area contributed by atoms with Gasteiger partial charge in [-0.15, -0.1) is 0 Å². The maximum Gasteiger partial charge on any atom is 0.327 e. The van der Waals surface area contributed by atoms with Gasteiger partial charge in [0, 0.05) is 13.6 Å². The van der Waals surface area contributed by atoms with Gasteiger partial charge in [-0.2, -0.15) is 0 Å². The third-order valence-corrected chi connectivity index (χ3v) is 5.33. The zero-order chi connectivity index (χ0) is 21.2. The normalized spacial score (nSPS) is 18.7. The van der Waals surface area contributed by atoms with E-state index in [1.54, 1.807) is 12.1 Å². The van der Waals surface area contributed by atoms with E-state index in [4.69, 9.17) is 4.74 Å². The molecule has 0 bridgehead atoms. The number of esters is 1. The Morgan fingerprint density at radius 2 is 2.00 bits per heavy atom. The number of amides is 4. The van der Waals surface area contributed by atoms with Crippen molar-refractivity contribution in [2.24, 2.45) is 0 Å². The standard InChI is InChI=1S/C20H24FN3O5/c1-13(17(26)23(2)11-14-6-5-7-15(21)10-14)29-16(25)12-24-18(27)20(22-19(24)28)8-3-4-9-20/h5-7,10,13H,3-4,8-9,11-12H2,1-2H3,(H,22,28)/t13-/m0/s1. The Morgan fingerprint density at radius 3 is 2.66 bits per heavy atom. The lowest BCUT2D eigenvalue weighted by molar-refractivity contribution is -0.160. The first kappa shape index (κ1) is 20.8. The number of urea groups is 1. The molecule has 0 radical (unpaired) electrons. The fourth-order valence-electron chi connectivity index (χ4n) is 3.85. The van der Waals surface area contributed by atoms with Gasteiger partial charge in [0.25, 0.3) is 11.8 Å². The molecule has 1 aromatic carbocycles. The summed E-state index contributed by atoms with van der Waals surface area (Å²) in [6.07, 6.45) is 1.69. The number of likely N-dealkylation sites (N-methyl/N-ethyl adjacent to an activating group) is 1. The molecule has 1 aliphatic carbocycles. The van der Waals surface area contributed by atoms with E-state index in [1.165, 1.54) is 31.0 Å². The first-order valence-corrected chi connectivity index (χ1v) is 9.55. The van der Waals surface area contributed by atoms with Crippen molar-refractivity contribution in [2.75, 3.05) is 13.6 Å². The molecule has 1 spiro atoms. The van der Waals surface area contributed by atoms with Gasteiger partial charge in [-0.05, 0) is 37.5 Å². The number of hydrogen-bond acceptors (Lipinski definition) is 5. The van der Waals surface area contributed by atoms with Gasteiger partial charge in [0.15, 0.2) is 6.10 Å². The molecule has 1 saturated carbocycles. The van der Waals surface area contributed by atoms with Crippen LogP contribution in [0.3, 0.4) is 0 Å². The number of imide groups is 1. The number of halogens is 1. The molecule has 1 aromatic rings. The highest BCUT2D eigenvalue weighted by Crippen LogP contribution is 2.34. The van der Waals surface area contributed by atoms with Crippen molar-refractivity contribution in [3.8, 4) is 0 Å². The fourth-order valence-corrected chi connectivity index (χ4v) is 3.85. The molecule has 2 fully saturated rings. The van der Waals surface area contributed by atoms with Gasteiger partial charge in [-0.25, -0.2) is 9.18 Å². The van der Waals surface area contributed by atoms with Crippen molar-refractivity contribution in [2.45, 2.75) is 50.8 Å². The molecule has 3 rings (SSSR count). The van der Waals surface area contributed by atoms with Crippen molar-refractivity contribution >= 4 is 23.8 Å². The van der Waals surface area contributed by atoms with E-state index in [-0.39, 0.29) is 6.54 Å². The van der Waals surface area contributed by atoms with E-state index in [0.29, 0.717) is 18.4 Å². The smallest absolute Gasteiger partial charge is 0.327 e. The van der Waals surface area contributed by atoms with E-state index in [9.17, 15) is 23.6 Å². The van der Waals surface area contributed by atoms with Gasteiger partial charge < -0.3 is 15.0 Å². The summed E-state index contributed by atoms with van der Waals surface area (Å²) in [5.74, 6) is -2.15. The molecule has 1 heterocycles. The molecule has 0 unspecified atom stereocenters. The molecule has 9 heteroatoms. The Labute approximate surface area is 168 Å². The molecule has 8 nitrogen and oxygen atoms in total. The zero-order valence-corrected chi connectivity index (χ0v) is 16.4. The minimum Gasteiger partial charge on any atom is -0.451 e. The third-order valence-electron chi connectivity index (χ3n) is 5.33. The van der Waals surface area contributed by atoms with Crippen LogP contribution in [0.5, 0.6) is 0 Å². The molecular formula is C20H24FN3O5. The monoisotopic (exact) mass is 405 g/mol. The molecule has 1 atom stereocenters. The van der Waals surface area contributed by atoms with Crippen LogP contribution >= 0.6 is 0 Å². The van der Waals surface area contributed by atoms with Crippen LogP contribution in [0.1, 0.15) is 38.2 Å². The average molecular weight is 405 g/mol. The molecule has 156 valence electrons. The van der Waals surface area contributed by atoms with Crippen LogP contribution < -0.4 is 5.32 Å². The quantitative estimate of drug-likeness (QED) is 0.573. The highest BCUT2D eigenvalue weighted by atomic mass is 19.1. The number of nitrogens with zero attached hydrogens (tertiary/aromatic N) is 2. The number of nitrogens with one attached hydrogen (secondary N) is 1. The van der Waals surface area contributed by atoms with Crippen LogP contribution in [0.2, 0.25) is 0 Å². The topological polar surface area (TPSA) is 96.0 Å². The largest absolute Gasteiger partial charge is 0.451 e. The van der Waals surface area contributed by atoms with Crippen molar-refractivity contribution in [3.05, 3.63) is 35.6 Å². The zero-order valence-electron chi connectivity index (χ0n) is 16.4. The van der Waals surface area contributed by atoms with Crippen molar-refractivity contribution in [3.63, 3.8) is 0 Å². The van der Waals surface area contributed by atoms with Crippen LogP contribution in [-0.4, -0.2) is 58.8 Å². The van der Waals surface area contributed by atoms with Crippen LogP contribution in [0, 0.1) is 5.82 Å². The predicted octanol–water partition coefficient (Wildman–Crippen LogP) is 1.58. The lowest BCUT2D eigenvalue weighted by atomic mass is 9.98. The maximum absolute atomic E-state index is 13.3. The van der Waals surface area contributed by atoms with E-state index < -0.39 is 47.8 Å². The summed E-state index contributed by atoms with van der Waals surface area (Å²) in [6, 6.07) is 5.23. The van der Waals surface area contributed by atoms with Gasteiger partial charge in [0.2, 0.25) is 0 Å². The van der Waals surface area contributed by atoms with Crippen molar-refractivity contribution in [1.29, 1.82) is 0 Å². The minimum atomic E-state index is -1.11. The number of hydrogen-bond donors (Lipinski definition) is 1. The number of carbonyl (C=O) groups is 4. The number of rotatable bonds is 6. The Morgan fingerprint density at radius 1 is 1.31 bits per heavy atom. The number of benzene rings is 1.